The zero-order valence-electron chi connectivity index (χ0n) is 23.5. The van der Waals surface area contributed by atoms with Crippen molar-refractivity contribution in [2.24, 2.45) is 17.8 Å². The lowest BCUT2D eigenvalue weighted by molar-refractivity contribution is -0.130. The van der Waals surface area contributed by atoms with Crippen LogP contribution >= 0.6 is 0 Å². The van der Waals surface area contributed by atoms with Gasteiger partial charge in [-0.3, -0.25) is 9.69 Å². The Bertz CT molecular complexity index is 762. The Morgan fingerprint density at radius 3 is 2.14 bits per heavy atom. The van der Waals surface area contributed by atoms with E-state index in [0.29, 0.717) is 35.7 Å². The molecule has 2 aliphatic rings. The van der Waals surface area contributed by atoms with E-state index in [0.717, 1.165) is 57.8 Å². The summed E-state index contributed by atoms with van der Waals surface area (Å²) in [6.07, 6.45) is 12.2. The maximum Gasteiger partial charge on any atom is 0.225 e. The van der Waals surface area contributed by atoms with E-state index in [1.807, 2.05) is 26.2 Å². The predicted molar refractivity (Wildman–Crippen MR) is 146 cm³/mol. The molecular weight excluding hydrogens is 434 g/mol. The topological polar surface area (TPSA) is 52.6 Å². The first-order valence-corrected chi connectivity index (χ1v) is 14.4. The SMILES string of the molecule is CCCC(CC)N1CC(CC)N(c2ncc(CN(C)CC3CC(C(=O)C(C)C)C3)cn2)C(CC)C1. The molecule has 0 bridgehead atoms. The number of carbonyl (C=O) groups excluding carboxylic acids is 1. The lowest BCUT2D eigenvalue weighted by Gasteiger charge is -2.49. The van der Waals surface area contributed by atoms with Crippen molar-refractivity contribution in [3.63, 3.8) is 0 Å². The van der Waals surface area contributed by atoms with Crippen LogP contribution in [0.4, 0.5) is 5.95 Å². The highest BCUT2D eigenvalue weighted by Crippen LogP contribution is 2.36. The van der Waals surface area contributed by atoms with Gasteiger partial charge >= 0.3 is 0 Å². The van der Waals surface area contributed by atoms with Gasteiger partial charge in [0.15, 0.2) is 0 Å². The van der Waals surface area contributed by atoms with Gasteiger partial charge in [-0.15, -0.1) is 0 Å². The normalized spacial score (nSPS) is 26.3. The first kappa shape index (κ1) is 28.0. The number of rotatable bonds is 13. The van der Waals surface area contributed by atoms with E-state index in [1.165, 1.54) is 24.8 Å². The van der Waals surface area contributed by atoms with Gasteiger partial charge in [0.05, 0.1) is 0 Å². The van der Waals surface area contributed by atoms with Crippen molar-refractivity contribution in [2.75, 3.05) is 31.6 Å². The zero-order chi connectivity index (χ0) is 25.5. The summed E-state index contributed by atoms with van der Waals surface area (Å²) in [5, 5.41) is 0. The van der Waals surface area contributed by atoms with E-state index < -0.39 is 0 Å². The number of aromatic nitrogens is 2. The van der Waals surface area contributed by atoms with Gasteiger partial charge in [0, 0.05) is 74.1 Å². The van der Waals surface area contributed by atoms with Gasteiger partial charge in [-0.2, -0.15) is 0 Å². The molecule has 2 heterocycles. The van der Waals surface area contributed by atoms with Crippen molar-refractivity contribution in [2.45, 2.75) is 111 Å². The average molecular weight is 486 g/mol. The van der Waals surface area contributed by atoms with E-state index in [-0.39, 0.29) is 5.92 Å². The molecule has 1 aromatic heterocycles. The van der Waals surface area contributed by atoms with Crippen LogP contribution in [-0.4, -0.2) is 70.4 Å². The number of piperazine rings is 1. The Labute approximate surface area is 214 Å². The fourth-order valence-corrected chi connectivity index (χ4v) is 6.31. The zero-order valence-corrected chi connectivity index (χ0v) is 23.5. The highest BCUT2D eigenvalue weighted by molar-refractivity contribution is 5.83. The van der Waals surface area contributed by atoms with E-state index in [1.54, 1.807) is 0 Å². The smallest absolute Gasteiger partial charge is 0.225 e. The number of carbonyl (C=O) groups is 1. The Morgan fingerprint density at radius 1 is 1.06 bits per heavy atom. The van der Waals surface area contributed by atoms with Gasteiger partial charge < -0.3 is 9.80 Å². The predicted octanol–water partition coefficient (Wildman–Crippen LogP) is 5.42. The van der Waals surface area contributed by atoms with E-state index >= 15 is 0 Å². The van der Waals surface area contributed by atoms with Gasteiger partial charge in [0.25, 0.3) is 0 Å². The molecule has 0 spiro atoms. The van der Waals surface area contributed by atoms with Crippen LogP contribution in [0.2, 0.25) is 0 Å². The summed E-state index contributed by atoms with van der Waals surface area (Å²) in [5.41, 5.74) is 1.17. The van der Waals surface area contributed by atoms with Crippen molar-refractivity contribution in [1.82, 2.24) is 19.8 Å². The minimum atomic E-state index is 0.168. The van der Waals surface area contributed by atoms with E-state index in [9.17, 15) is 4.79 Å². The molecule has 35 heavy (non-hydrogen) atoms. The molecule has 6 nitrogen and oxygen atoms in total. The summed E-state index contributed by atoms with van der Waals surface area (Å²) in [5.74, 6) is 2.44. The molecular formula is C29H51N5O. The second-order valence-corrected chi connectivity index (χ2v) is 11.5. The molecule has 198 valence electrons. The minimum absolute atomic E-state index is 0.168. The van der Waals surface area contributed by atoms with Crippen molar-refractivity contribution in [3.05, 3.63) is 18.0 Å². The van der Waals surface area contributed by atoms with Gasteiger partial charge in [0.1, 0.15) is 5.78 Å². The van der Waals surface area contributed by atoms with Crippen molar-refractivity contribution in [3.8, 4) is 0 Å². The number of hydrogen-bond donors (Lipinski definition) is 0. The Kier molecular flexibility index (Phi) is 10.5. The van der Waals surface area contributed by atoms with Gasteiger partial charge in [0.2, 0.25) is 5.95 Å². The molecule has 1 saturated heterocycles. The molecule has 3 atom stereocenters. The highest BCUT2D eigenvalue weighted by atomic mass is 16.1. The van der Waals surface area contributed by atoms with Gasteiger partial charge in [-0.1, -0.05) is 48.0 Å². The summed E-state index contributed by atoms with van der Waals surface area (Å²) in [7, 11) is 2.17. The lowest BCUT2D eigenvalue weighted by Crippen LogP contribution is -2.61. The third kappa shape index (κ3) is 7.03. The van der Waals surface area contributed by atoms with Crippen molar-refractivity contribution < 1.29 is 4.79 Å². The fourth-order valence-electron chi connectivity index (χ4n) is 6.31. The molecule has 2 fully saturated rings. The average Bonchev–Trinajstić information content (AvgIpc) is 2.83. The number of hydrogen-bond acceptors (Lipinski definition) is 6. The molecule has 0 N–H and O–H groups in total. The van der Waals surface area contributed by atoms with Gasteiger partial charge in [-0.05, 0) is 51.5 Å². The third-order valence-corrected chi connectivity index (χ3v) is 8.38. The van der Waals surface area contributed by atoms with Crippen LogP contribution in [0.5, 0.6) is 0 Å². The van der Waals surface area contributed by atoms with Crippen molar-refractivity contribution >= 4 is 11.7 Å². The third-order valence-electron chi connectivity index (χ3n) is 8.38. The largest absolute Gasteiger partial charge is 0.332 e. The monoisotopic (exact) mass is 485 g/mol. The molecule has 1 aromatic rings. The van der Waals surface area contributed by atoms with Crippen LogP contribution in [0.15, 0.2) is 12.4 Å². The van der Waals surface area contributed by atoms with Crippen LogP contribution < -0.4 is 4.90 Å². The van der Waals surface area contributed by atoms with Crippen LogP contribution in [-0.2, 0) is 11.3 Å². The second-order valence-electron chi connectivity index (χ2n) is 11.5. The first-order valence-electron chi connectivity index (χ1n) is 14.4. The molecule has 0 aromatic carbocycles. The fraction of sp³-hybridized carbons (Fsp3) is 0.828. The molecule has 6 heteroatoms. The number of ketones is 1. The van der Waals surface area contributed by atoms with E-state index in [2.05, 4.69) is 49.4 Å². The molecule has 1 aliphatic carbocycles. The molecule has 3 rings (SSSR count). The molecule has 1 saturated carbocycles. The van der Waals surface area contributed by atoms with Crippen LogP contribution in [0, 0.1) is 17.8 Å². The first-order chi connectivity index (χ1) is 16.8. The van der Waals surface area contributed by atoms with Gasteiger partial charge in [-0.25, -0.2) is 9.97 Å². The van der Waals surface area contributed by atoms with Crippen molar-refractivity contribution in [1.29, 1.82) is 0 Å². The Hall–Kier alpha value is -1.53. The summed E-state index contributed by atoms with van der Waals surface area (Å²) in [6, 6.07) is 1.63. The standard InChI is InChI=1S/C29H51N5O/c1-8-12-25(9-2)33-19-26(10-3)34(27(11-4)20-33)29-30-15-23(16-31-29)18-32(7)17-22-13-24(14-22)28(35)21(5)6/h15-16,21-22,24-27H,8-14,17-20H2,1-7H3. The quantitative estimate of drug-likeness (QED) is 0.372. The maximum absolute atomic E-state index is 12.2. The Balaban J connectivity index is 1.57. The summed E-state index contributed by atoms with van der Waals surface area (Å²) < 4.78 is 0. The second kappa shape index (κ2) is 13.1. The summed E-state index contributed by atoms with van der Waals surface area (Å²) in [6.45, 7) is 17.4. The summed E-state index contributed by atoms with van der Waals surface area (Å²) >= 11 is 0. The summed E-state index contributed by atoms with van der Waals surface area (Å²) in [4.78, 5) is 29.5. The maximum atomic E-state index is 12.2. The molecule has 3 unspecified atom stereocenters. The molecule has 1 aliphatic heterocycles. The minimum Gasteiger partial charge on any atom is -0.332 e. The molecule has 0 radical (unpaired) electrons. The number of nitrogens with zero attached hydrogens (tertiary/aromatic N) is 5. The number of Topliss-reactive ketones (excluding diaryl/α,β-unsaturated/α-hetero) is 1. The molecule has 0 amide bonds. The Morgan fingerprint density at radius 2 is 1.66 bits per heavy atom. The van der Waals surface area contributed by atoms with E-state index in [4.69, 9.17) is 9.97 Å². The van der Waals surface area contributed by atoms with Crippen LogP contribution in [0.1, 0.15) is 92.1 Å². The van der Waals surface area contributed by atoms with Crippen LogP contribution in [0.25, 0.3) is 0 Å². The van der Waals surface area contributed by atoms with Crippen LogP contribution in [0.3, 0.4) is 0 Å². The number of anilines is 1. The highest BCUT2D eigenvalue weighted by Gasteiger charge is 2.37. The lowest BCUT2D eigenvalue weighted by atomic mass is 9.70.